The Morgan fingerprint density at radius 2 is 2.12 bits per heavy atom. The first-order chi connectivity index (χ1) is 8.25. The first-order valence-corrected chi connectivity index (χ1v) is 6.73. The minimum Gasteiger partial charge on any atom is -0.380 e. The van der Waals surface area contributed by atoms with E-state index in [4.69, 9.17) is 27.9 Å². The Morgan fingerprint density at radius 3 is 2.88 bits per heavy atom. The number of ether oxygens (including phenoxy) is 1. The van der Waals surface area contributed by atoms with Crippen molar-refractivity contribution < 1.29 is 4.74 Å². The van der Waals surface area contributed by atoms with E-state index < -0.39 is 0 Å². The van der Waals surface area contributed by atoms with Crippen molar-refractivity contribution in [3.63, 3.8) is 0 Å². The summed E-state index contributed by atoms with van der Waals surface area (Å²) in [6.07, 6.45) is 2.68. The maximum Gasteiger partial charge on any atom is 0.0591 e. The lowest BCUT2D eigenvalue weighted by molar-refractivity contribution is 0.126. The van der Waals surface area contributed by atoms with E-state index in [2.05, 4.69) is 5.32 Å². The van der Waals surface area contributed by atoms with E-state index in [-0.39, 0.29) is 0 Å². The van der Waals surface area contributed by atoms with Crippen LogP contribution in [-0.4, -0.2) is 19.8 Å². The van der Waals surface area contributed by atoms with Crippen LogP contribution in [0.1, 0.15) is 18.4 Å². The highest BCUT2D eigenvalue weighted by Crippen LogP contribution is 2.28. The van der Waals surface area contributed by atoms with Crippen LogP contribution in [0, 0.1) is 5.92 Å². The molecule has 0 atom stereocenters. The van der Waals surface area contributed by atoms with Crippen molar-refractivity contribution in [1.82, 2.24) is 5.32 Å². The van der Waals surface area contributed by atoms with Crippen LogP contribution in [0.5, 0.6) is 0 Å². The fourth-order valence-corrected chi connectivity index (χ4v) is 1.96. The molecule has 2 rings (SSSR count). The standard InChI is InChI=1S/C13H17Cl2NO/c14-12-3-4-13(15)11(7-12)8-16-5-6-17-9-10-1-2-10/h3-4,7,10,16H,1-2,5-6,8-9H2. The van der Waals surface area contributed by atoms with E-state index in [0.717, 1.165) is 47.8 Å². The van der Waals surface area contributed by atoms with Crippen LogP contribution in [-0.2, 0) is 11.3 Å². The Balaban J connectivity index is 1.61. The number of halogens is 2. The summed E-state index contributed by atoms with van der Waals surface area (Å²) < 4.78 is 5.53. The van der Waals surface area contributed by atoms with Gasteiger partial charge in [0.15, 0.2) is 0 Å². The lowest BCUT2D eigenvalue weighted by Crippen LogP contribution is -2.19. The van der Waals surface area contributed by atoms with Crippen molar-refractivity contribution in [1.29, 1.82) is 0 Å². The smallest absolute Gasteiger partial charge is 0.0591 e. The van der Waals surface area contributed by atoms with Gasteiger partial charge < -0.3 is 10.1 Å². The molecule has 1 aliphatic rings. The summed E-state index contributed by atoms with van der Waals surface area (Å²) >= 11 is 12.0. The first kappa shape index (κ1) is 13.2. The monoisotopic (exact) mass is 273 g/mol. The van der Waals surface area contributed by atoms with E-state index in [9.17, 15) is 0 Å². The summed E-state index contributed by atoms with van der Waals surface area (Å²) in [6.45, 7) is 3.25. The summed E-state index contributed by atoms with van der Waals surface area (Å²) in [5, 5.41) is 4.77. The molecule has 0 aliphatic heterocycles. The first-order valence-electron chi connectivity index (χ1n) is 5.98. The Labute approximate surface area is 112 Å². The van der Waals surface area contributed by atoms with E-state index >= 15 is 0 Å². The molecular weight excluding hydrogens is 257 g/mol. The number of hydrogen-bond acceptors (Lipinski definition) is 2. The molecule has 2 nitrogen and oxygen atoms in total. The molecule has 4 heteroatoms. The third-order valence-electron chi connectivity index (χ3n) is 2.80. The predicted molar refractivity (Wildman–Crippen MR) is 71.7 cm³/mol. The van der Waals surface area contributed by atoms with Gasteiger partial charge in [0.2, 0.25) is 0 Å². The average Bonchev–Trinajstić information content (AvgIpc) is 3.11. The molecule has 94 valence electrons. The van der Waals surface area contributed by atoms with Gasteiger partial charge in [-0.2, -0.15) is 0 Å². The molecule has 0 amide bonds. The number of benzene rings is 1. The molecule has 0 aromatic heterocycles. The molecule has 0 saturated heterocycles. The second kappa shape index (κ2) is 6.60. The molecule has 1 aromatic carbocycles. The number of nitrogens with one attached hydrogen (secondary N) is 1. The summed E-state index contributed by atoms with van der Waals surface area (Å²) in [6, 6.07) is 5.51. The Morgan fingerprint density at radius 1 is 1.29 bits per heavy atom. The highest BCUT2D eigenvalue weighted by Gasteiger charge is 2.20. The highest BCUT2D eigenvalue weighted by atomic mass is 35.5. The van der Waals surface area contributed by atoms with Crippen LogP contribution in [0.15, 0.2) is 18.2 Å². The molecule has 0 radical (unpaired) electrons. The van der Waals surface area contributed by atoms with Crippen molar-refractivity contribution in [3.05, 3.63) is 33.8 Å². The van der Waals surface area contributed by atoms with Gasteiger partial charge >= 0.3 is 0 Å². The van der Waals surface area contributed by atoms with Gasteiger partial charge in [-0.05, 0) is 42.5 Å². The van der Waals surface area contributed by atoms with Gasteiger partial charge in [-0.1, -0.05) is 23.2 Å². The minimum absolute atomic E-state index is 0.719. The summed E-state index contributed by atoms with van der Waals surface area (Å²) in [7, 11) is 0. The average molecular weight is 274 g/mol. The van der Waals surface area contributed by atoms with Gasteiger partial charge in [0.25, 0.3) is 0 Å². The lowest BCUT2D eigenvalue weighted by Gasteiger charge is -2.07. The van der Waals surface area contributed by atoms with Gasteiger partial charge in [0.05, 0.1) is 6.61 Å². The van der Waals surface area contributed by atoms with Gasteiger partial charge in [0.1, 0.15) is 0 Å². The predicted octanol–water partition coefficient (Wildman–Crippen LogP) is 3.51. The van der Waals surface area contributed by atoms with Crippen LogP contribution in [0.2, 0.25) is 10.0 Å². The van der Waals surface area contributed by atoms with Gasteiger partial charge in [-0.25, -0.2) is 0 Å². The molecule has 1 fully saturated rings. The molecule has 0 bridgehead atoms. The Hall–Kier alpha value is -0.280. The highest BCUT2D eigenvalue weighted by molar-refractivity contribution is 6.33. The Kier molecular flexibility index (Phi) is 5.11. The van der Waals surface area contributed by atoms with Crippen LogP contribution in [0.25, 0.3) is 0 Å². The molecular formula is C13H17Cl2NO. The van der Waals surface area contributed by atoms with Gasteiger partial charge in [-0.15, -0.1) is 0 Å². The third kappa shape index (κ3) is 4.84. The van der Waals surface area contributed by atoms with Crippen molar-refractivity contribution in [2.75, 3.05) is 19.8 Å². The second-order valence-corrected chi connectivity index (χ2v) is 5.27. The molecule has 17 heavy (non-hydrogen) atoms. The third-order valence-corrected chi connectivity index (χ3v) is 3.40. The maximum atomic E-state index is 6.06. The van der Waals surface area contributed by atoms with Gasteiger partial charge in [0, 0.05) is 29.7 Å². The number of rotatable bonds is 7. The van der Waals surface area contributed by atoms with Crippen LogP contribution in [0.3, 0.4) is 0 Å². The zero-order valence-electron chi connectivity index (χ0n) is 9.72. The molecule has 0 spiro atoms. The Bertz CT molecular complexity index is 366. The van der Waals surface area contributed by atoms with Crippen molar-refractivity contribution in [2.24, 2.45) is 5.92 Å². The molecule has 1 aliphatic carbocycles. The molecule has 0 heterocycles. The topological polar surface area (TPSA) is 21.3 Å². The normalized spacial score (nSPS) is 15.2. The largest absolute Gasteiger partial charge is 0.380 e. The second-order valence-electron chi connectivity index (χ2n) is 4.43. The molecule has 1 N–H and O–H groups in total. The SMILES string of the molecule is Clc1ccc(Cl)c(CNCCOCC2CC2)c1. The van der Waals surface area contributed by atoms with Crippen LogP contribution < -0.4 is 5.32 Å². The number of hydrogen-bond donors (Lipinski definition) is 1. The maximum absolute atomic E-state index is 6.06. The van der Waals surface area contributed by atoms with Crippen molar-refractivity contribution >= 4 is 23.2 Å². The van der Waals surface area contributed by atoms with Crippen molar-refractivity contribution in [3.8, 4) is 0 Å². The summed E-state index contributed by atoms with van der Waals surface area (Å²) in [4.78, 5) is 0. The fourth-order valence-electron chi connectivity index (χ4n) is 1.58. The summed E-state index contributed by atoms with van der Waals surface area (Å²) in [5.41, 5.74) is 1.03. The van der Waals surface area contributed by atoms with E-state index in [1.165, 1.54) is 12.8 Å². The fraction of sp³-hybridized carbons (Fsp3) is 0.538. The minimum atomic E-state index is 0.719. The zero-order chi connectivity index (χ0) is 12.1. The lowest BCUT2D eigenvalue weighted by atomic mass is 10.2. The van der Waals surface area contributed by atoms with E-state index in [1.807, 2.05) is 12.1 Å². The van der Waals surface area contributed by atoms with E-state index in [1.54, 1.807) is 6.07 Å². The molecule has 1 aromatic rings. The quantitative estimate of drug-likeness (QED) is 0.768. The molecule has 0 unspecified atom stereocenters. The van der Waals surface area contributed by atoms with E-state index in [0.29, 0.717) is 0 Å². The van der Waals surface area contributed by atoms with Gasteiger partial charge in [-0.3, -0.25) is 0 Å². The zero-order valence-corrected chi connectivity index (χ0v) is 11.2. The van der Waals surface area contributed by atoms with Crippen LogP contribution in [0.4, 0.5) is 0 Å². The summed E-state index contributed by atoms with van der Waals surface area (Å²) in [5.74, 6) is 0.831. The van der Waals surface area contributed by atoms with Crippen LogP contribution >= 0.6 is 23.2 Å². The van der Waals surface area contributed by atoms with Crippen molar-refractivity contribution in [2.45, 2.75) is 19.4 Å². The molecule has 1 saturated carbocycles.